The summed E-state index contributed by atoms with van der Waals surface area (Å²) in [5.41, 5.74) is 0.140. The van der Waals surface area contributed by atoms with Crippen LogP contribution in [0.25, 0.3) is 0 Å². The highest BCUT2D eigenvalue weighted by atomic mass is 35.5. The molecule has 120 valence electrons. The number of amides is 1. The summed E-state index contributed by atoms with van der Waals surface area (Å²) in [6.07, 6.45) is -1.03. The molecule has 0 radical (unpaired) electrons. The second kappa shape index (κ2) is 7.17. The van der Waals surface area contributed by atoms with E-state index in [9.17, 15) is 24.4 Å². The summed E-state index contributed by atoms with van der Waals surface area (Å²) >= 11 is 5.74. The van der Waals surface area contributed by atoms with Gasteiger partial charge in [-0.15, -0.1) is 0 Å². The van der Waals surface area contributed by atoms with E-state index in [0.29, 0.717) is 5.56 Å². The molecule has 6 nitrogen and oxygen atoms in total. The number of rotatable bonds is 5. The van der Waals surface area contributed by atoms with Gasteiger partial charge in [-0.05, 0) is 23.8 Å². The molecule has 0 spiro atoms. The first-order valence-corrected chi connectivity index (χ1v) is 6.91. The molecule has 1 amide bonds. The lowest BCUT2D eigenvalue weighted by Crippen LogP contribution is -2.28. The molecule has 2 N–H and O–H groups in total. The van der Waals surface area contributed by atoms with Crippen molar-refractivity contribution in [1.29, 1.82) is 0 Å². The molecule has 2 aromatic carbocycles. The molecule has 0 saturated heterocycles. The summed E-state index contributed by atoms with van der Waals surface area (Å²) in [6, 6.07) is 8.69. The van der Waals surface area contributed by atoms with Crippen molar-refractivity contribution < 1.29 is 19.2 Å². The Kier molecular flexibility index (Phi) is 5.25. The molecule has 0 heterocycles. The van der Waals surface area contributed by atoms with Crippen molar-refractivity contribution in [2.45, 2.75) is 6.10 Å². The van der Waals surface area contributed by atoms with Crippen molar-refractivity contribution in [3.05, 3.63) is 74.5 Å². The van der Waals surface area contributed by atoms with Gasteiger partial charge in [0, 0.05) is 29.3 Å². The smallest absolute Gasteiger partial charge is 0.271 e. The maximum absolute atomic E-state index is 12.8. The molecule has 2 aromatic rings. The fraction of sp³-hybridized carbons (Fsp3) is 0.133. The normalized spacial score (nSPS) is 11.8. The minimum atomic E-state index is -1.03. The number of hydrogen-bond acceptors (Lipinski definition) is 4. The number of non-ortho nitro benzene ring substituents is 1. The van der Waals surface area contributed by atoms with Crippen LogP contribution in [0, 0.1) is 15.9 Å². The zero-order valence-corrected chi connectivity index (χ0v) is 12.5. The van der Waals surface area contributed by atoms with Crippen molar-refractivity contribution in [2.24, 2.45) is 0 Å². The Morgan fingerprint density at radius 1 is 1.30 bits per heavy atom. The van der Waals surface area contributed by atoms with Crippen LogP contribution in [0.2, 0.25) is 5.02 Å². The predicted octanol–water partition coefficient (Wildman–Crippen LogP) is 2.85. The zero-order chi connectivity index (χ0) is 17.0. The van der Waals surface area contributed by atoms with Crippen molar-refractivity contribution in [1.82, 2.24) is 5.32 Å². The summed E-state index contributed by atoms with van der Waals surface area (Å²) < 4.78 is 12.8. The van der Waals surface area contributed by atoms with Crippen molar-refractivity contribution in [3.8, 4) is 0 Å². The van der Waals surface area contributed by atoms with Gasteiger partial charge >= 0.3 is 0 Å². The fourth-order valence-electron chi connectivity index (χ4n) is 1.90. The molecule has 1 unspecified atom stereocenters. The van der Waals surface area contributed by atoms with Crippen LogP contribution in [-0.2, 0) is 0 Å². The third-order valence-electron chi connectivity index (χ3n) is 3.07. The Balaban J connectivity index is 2.04. The Morgan fingerprint density at radius 3 is 2.57 bits per heavy atom. The highest BCUT2D eigenvalue weighted by Crippen LogP contribution is 2.21. The predicted molar refractivity (Wildman–Crippen MR) is 81.8 cm³/mol. The van der Waals surface area contributed by atoms with Crippen molar-refractivity contribution in [3.63, 3.8) is 0 Å². The molecule has 0 aliphatic heterocycles. The third kappa shape index (κ3) is 4.48. The minimum Gasteiger partial charge on any atom is -0.387 e. The number of benzene rings is 2. The number of carbonyl (C=O) groups excluding carboxylic acids is 1. The van der Waals surface area contributed by atoms with Crippen LogP contribution in [0.3, 0.4) is 0 Å². The lowest BCUT2D eigenvalue weighted by molar-refractivity contribution is -0.384. The molecule has 8 heteroatoms. The molecule has 2 rings (SSSR count). The van der Waals surface area contributed by atoms with E-state index in [4.69, 9.17) is 11.6 Å². The van der Waals surface area contributed by atoms with Gasteiger partial charge in [-0.3, -0.25) is 14.9 Å². The number of aliphatic hydroxyl groups is 1. The van der Waals surface area contributed by atoms with Crippen LogP contribution in [0.15, 0.2) is 42.5 Å². The van der Waals surface area contributed by atoms with Gasteiger partial charge in [0.1, 0.15) is 5.82 Å². The maximum Gasteiger partial charge on any atom is 0.271 e. The number of carbonyl (C=O) groups is 1. The fourth-order valence-corrected chi connectivity index (χ4v) is 2.13. The molecule has 0 aliphatic carbocycles. The Bertz CT molecular complexity index is 737. The first-order valence-electron chi connectivity index (χ1n) is 6.53. The molecule has 0 fully saturated rings. The lowest BCUT2D eigenvalue weighted by Gasteiger charge is -2.12. The topological polar surface area (TPSA) is 92.5 Å². The molecular weight excluding hydrogens is 327 g/mol. The van der Waals surface area contributed by atoms with E-state index in [2.05, 4.69) is 5.32 Å². The summed E-state index contributed by atoms with van der Waals surface area (Å²) in [4.78, 5) is 22.1. The standard InChI is InChI=1S/C15H12ClFN2O4/c16-11-5-10(6-13(7-11)19(22)23)15(21)18-8-14(20)9-1-3-12(17)4-2-9/h1-7,14,20H,8H2,(H,18,21). The molecule has 0 bridgehead atoms. The van der Waals surface area contributed by atoms with Gasteiger partial charge in [-0.2, -0.15) is 0 Å². The van der Waals surface area contributed by atoms with Crippen LogP contribution in [-0.4, -0.2) is 22.5 Å². The molecule has 1 atom stereocenters. The van der Waals surface area contributed by atoms with E-state index >= 15 is 0 Å². The number of halogens is 2. The highest BCUT2D eigenvalue weighted by molar-refractivity contribution is 6.31. The second-order valence-electron chi connectivity index (χ2n) is 4.73. The highest BCUT2D eigenvalue weighted by Gasteiger charge is 2.15. The van der Waals surface area contributed by atoms with Crippen LogP contribution >= 0.6 is 11.6 Å². The van der Waals surface area contributed by atoms with Crippen LogP contribution < -0.4 is 5.32 Å². The summed E-state index contributed by atoms with van der Waals surface area (Å²) in [7, 11) is 0. The molecule has 23 heavy (non-hydrogen) atoms. The summed E-state index contributed by atoms with van der Waals surface area (Å²) in [5, 5.41) is 23.2. The Labute approximate surface area is 135 Å². The Morgan fingerprint density at radius 2 is 1.96 bits per heavy atom. The molecule has 0 saturated carbocycles. The number of nitrogens with zero attached hydrogens (tertiary/aromatic N) is 1. The van der Waals surface area contributed by atoms with E-state index in [-0.39, 0.29) is 22.8 Å². The van der Waals surface area contributed by atoms with Gasteiger partial charge in [-0.25, -0.2) is 4.39 Å². The summed E-state index contributed by atoms with van der Waals surface area (Å²) in [5.74, 6) is -1.05. The van der Waals surface area contributed by atoms with Gasteiger partial charge in [0.25, 0.3) is 11.6 Å². The summed E-state index contributed by atoms with van der Waals surface area (Å²) in [6.45, 7) is -0.134. The first kappa shape index (κ1) is 16.9. The quantitative estimate of drug-likeness (QED) is 0.647. The third-order valence-corrected chi connectivity index (χ3v) is 3.28. The van der Waals surface area contributed by atoms with Gasteiger partial charge in [0.2, 0.25) is 0 Å². The van der Waals surface area contributed by atoms with Crippen LogP contribution in [0.4, 0.5) is 10.1 Å². The van der Waals surface area contributed by atoms with Gasteiger partial charge in [0.05, 0.1) is 11.0 Å². The molecular formula is C15H12ClFN2O4. The molecule has 0 aromatic heterocycles. The largest absolute Gasteiger partial charge is 0.387 e. The lowest BCUT2D eigenvalue weighted by atomic mass is 10.1. The first-order chi connectivity index (χ1) is 10.9. The van der Waals surface area contributed by atoms with E-state index < -0.39 is 22.8 Å². The SMILES string of the molecule is O=C(NCC(O)c1ccc(F)cc1)c1cc(Cl)cc([N+](=O)[O-])c1. The van der Waals surface area contributed by atoms with Gasteiger partial charge < -0.3 is 10.4 Å². The van der Waals surface area contributed by atoms with Gasteiger partial charge in [0.15, 0.2) is 0 Å². The van der Waals surface area contributed by atoms with E-state index in [1.165, 1.54) is 30.3 Å². The van der Waals surface area contributed by atoms with E-state index in [1.807, 2.05) is 0 Å². The maximum atomic E-state index is 12.8. The average Bonchev–Trinajstić information content (AvgIpc) is 2.52. The monoisotopic (exact) mass is 338 g/mol. The second-order valence-corrected chi connectivity index (χ2v) is 5.17. The van der Waals surface area contributed by atoms with Crippen LogP contribution in [0.5, 0.6) is 0 Å². The zero-order valence-electron chi connectivity index (χ0n) is 11.7. The number of nitrogens with one attached hydrogen (secondary N) is 1. The number of aliphatic hydroxyl groups excluding tert-OH is 1. The average molecular weight is 339 g/mol. The number of nitro groups is 1. The van der Waals surface area contributed by atoms with E-state index in [1.54, 1.807) is 0 Å². The Hall–Kier alpha value is -2.51. The van der Waals surface area contributed by atoms with Crippen LogP contribution in [0.1, 0.15) is 22.0 Å². The van der Waals surface area contributed by atoms with Crippen molar-refractivity contribution in [2.75, 3.05) is 6.54 Å². The van der Waals surface area contributed by atoms with Gasteiger partial charge in [-0.1, -0.05) is 23.7 Å². The number of hydrogen-bond donors (Lipinski definition) is 2. The number of nitro benzene ring substituents is 1. The minimum absolute atomic E-state index is 0.00973. The van der Waals surface area contributed by atoms with E-state index in [0.717, 1.165) is 12.1 Å². The molecule has 0 aliphatic rings. The van der Waals surface area contributed by atoms with Crippen molar-refractivity contribution >= 4 is 23.2 Å².